The highest BCUT2D eigenvalue weighted by Crippen LogP contribution is 2.14. The Hall–Kier alpha value is -1.03. The lowest BCUT2D eigenvalue weighted by Crippen LogP contribution is -2.37. The van der Waals surface area contributed by atoms with Crippen LogP contribution in [0.5, 0.6) is 0 Å². The van der Waals surface area contributed by atoms with Gasteiger partial charge in [-0.3, -0.25) is 0 Å². The first-order valence-corrected chi connectivity index (χ1v) is 5.95. The number of ether oxygens (including phenoxy) is 1. The second-order valence-electron chi connectivity index (χ2n) is 4.34. The van der Waals surface area contributed by atoms with Gasteiger partial charge in [0.1, 0.15) is 0 Å². The first-order valence-electron chi connectivity index (χ1n) is 5.95. The highest BCUT2D eigenvalue weighted by molar-refractivity contribution is 5.73. The molecule has 0 aliphatic carbocycles. The van der Waals surface area contributed by atoms with Gasteiger partial charge in [0.15, 0.2) is 0 Å². The molecule has 4 nitrogen and oxygen atoms in total. The summed E-state index contributed by atoms with van der Waals surface area (Å²) in [6.07, 6.45) is 5.52. The molecule has 4 heteroatoms. The summed E-state index contributed by atoms with van der Waals surface area (Å²) >= 11 is 0. The van der Waals surface area contributed by atoms with Crippen LogP contribution < -0.4 is 10.6 Å². The zero-order valence-corrected chi connectivity index (χ0v) is 10.2. The molecular weight excluding hydrogens is 204 g/mol. The van der Waals surface area contributed by atoms with Crippen LogP contribution in [-0.2, 0) is 4.74 Å². The standard InChI is InChI=1S/C12H22N2O2/c1-10(2)5-7-13-12(15)14-8-6-11-4-3-9-16-11/h5,11H,3-4,6-9H2,1-2H3,(H2,13,14,15)/t11-/m0/s1. The Kier molecular flexibility index (Phi) is 5.93. The van der Waals surface area contributed by atoms with Crippen LogP contribution in [0.4, 0.5) is 4.79 Å². The number of urea groups is 1. The van der Waals surface area contributed by atoms with Crippen LogP contribution in [0.2, 0.25) is 0 Å². The van der Waals surface area contributed by atoms with Crippen molar-refractivity contribution in [2.75, 3.05) is 19.7 Å². The van der Waals surface area contributed by atoms with Crippen molar-refractivity contribution in [2.24, 2.45) is 0 Å². The molecule has 0 unspecified atom stereocenters. The third kappa shape index (κ3) is 5.75. The minimum absolute atomic E-state index is 0.101. The normalized spacial score (nSPS) is 19.2. The Balaban J connectivity index is 1.99. The molecule has 0 saturated carbocycles. The molecule has 16 heavy (non-hydrogen) atoms. The minimum atomic E-state index is -0.101. The summed E-state index contributed by atoms with van der Waals surface area (Å²) in [4.78, 5) is 11.3. The summed E-state index contributed by atoms with van der Waals surface area (Å²) in [5, 5.41) is 5.60. The molecule has 0 radical (unpaired) electrons. The fraction of sp³-hybridized carbons (Fsp3) is 0.750. The zero-order chi connectivity index (χ0) is 11.8. The van der Waals surface area contributed by atoms with Crippen molar-refractivity contribution in [3.63, 3.8) is 0 Å². The van der Waals surface area contributed by atoms with Gasteiger partial charge in [-0.05, 0) is 33.1 Å². The van der Waals surface area contributed by atoms with E-state index in [4.69, 9.17) is 4.74 Å². The third-order valence-electron chi connectivity index (χ3n) is 2.55. The largest absolute Gasteiger partial charge is 0.378 e. The first kappa shape index (κ1) is 13.0. The summed E-state index contributed by atoms with van der Waals surface area (Å²) in [6.45, 7) is 6.17. The molecule has 2 N–H and O–H groups in total. The van der Waals surface area contributed by atoms with E-state index in [9.17, 15) is 4.79 Å². The molecule has 1 saturated heterocycles. The molecule has 1 fully saturated rings. The highest BCUT2D eigenvalue weighted by atomic mass is 16.5. The van der Waals surface area contributed by atoms with Gasteiger partial charge in [0.2, 0.25) is 0 Å². The van der Waals surface area contributed by atoms with Gasteiger partial charge in [-0.15, -0.1) is 0 Å². The van der Waals surface area contributed by atoms with E-state index in [1.54, 1.807) is 0 Å². The quantitative estimate of drug-likeness (QED) is 0.703. The average molecular weight is 226 g/mol. The van der Waals surface area contributed by atoms with Gasteiger partial charge in [-0.1, -0.05) is 11.6 Å². The Morgan fingerprint density at radius 3 is 2.88 bits per heavy atom. The van der Waals surface area contributed by atoms with Crippen LogP contribution in [0.15, 0.2) is 11.6 Å². The molecule has 2 amide bonds. The topological polar surface area (TPSA) is 50.4 Å². The summed E-state index contributed by atoms with van der Waals surface area (Å²) in [5.41, 5.74) is 1.21. The lowest BCUT2D eigenvalue weighted by Gasteiger charge is -2.10. The number of amides is 2. The Bertz CT molecular complexity index is 241. The van der Waals surface area contributed by atoms with Gasteiger partial charge in [-0.2, -0.15) is 0 Å². The van der Waals surface area contributed by atoms with Gasteiger partial charge in [-0.25, -0.2) is 4.79 Å². The second-order valence-corrected chi connectivity index (χ2v) is 4.34. The van der Waals surface area contributed by atoms with E-state index in [1.165, 1.54) is 5.57 Å². The molecule has 92 valence electrons. The van der Waals surface area contributed by atoms with E-state index in [0.29, 0.717) is 19.2 Å². The lowest BCUT2D eigenvalue weighted by atomic mass is 10.2. The molecule has 0 aromatic carbocycles. The SMILES string of the molecule is CC(C)=CCNC(=O)NCC[C@@H]1CCCO1. The molecule has 1 atom stereocenters. The van der Waals surface area contributed by atoms with Crippen molar-refractivity contribution >= 4 is 6.03 Å². The Labute approximate surface area is 97.4 Å². The fourth-order valence-electron chi connectivity index (χ4n) is 1.63. The average Bonchev–Trinajstić information content (AvgIpc) is 2.70. The number of allylic oxidation sites excluding steroid dienone is 1. The van der Waals surface area contributed by atoms with Gasteiger partial charge >= 0.3 is 6.03 Å². The molecule has 1 aliphatic rings. The van der Waals surface area contributed by atoms with Gasteiger partial charge in [0, 0.05) is 19.7 Å². The molecule has 0 bridgehead atoms. The number of hydrogen-bond acceptors (Lipinski definition) is 2. The fourth-order valence-corrected chi connectivity index (χ4v) is 1.63. The first-order chi connectivity index (χ1) is 7.68. The van der Waals surface area contributed by atoms with E-state index in [-0.39, 0.29) is 6.03 Å². The number of carbonyl (C=O) groups excluding carboxylic acids is 1. The molecule has 0 spiro atoms. The van der Waals surface area contributed by atoms with E-state index in [2.05, 4.69) is 10.6 Å². The second kappa shape index (κ2) is 7.28. The lowest BCUT2D eigenvalue weighted by molar-refractivity contribution is 0.104. The van der Waals surface area contributed by atoms with E-state index in [0.717, 1.165) is 25.9 Å². The van der Waals surface area contributed by atoms with E-state index in [1.807, 2.05) is 19.9 Å². The molecular formula is C12H22N2O2. The predicted octanol–water partition coefficient (Wildman–Crippen LogP) is 1.82. The molecule has 0 aromatic rings. The predicted molar refractivity (Wildman–Crippen MR) is 64.4 cm³/mol. The van der Waals surface area contributed by atoms with Crippen molar-refractivity contribution in [1.29, 1.82) is 0 Å². The van der Waals surface area contributed by atoms with Crippen LogP contribution in [0.3, 0.4) is 0 Å². The summed E-state index contributed by atoms with van der Waals surface area (Å²) in [5.74, 6) is 0. The van der Waals surface area contributed by atoms with E-state index >= 15 is 0 Å². The Morgan fingerprint density at radius 2 is 2.25 bits per heavy atom. The van der Waals surface area contributed by atoms with Crippen molar-refractivity contribution in [1.82, 2.24) is 10.6 Å². The van der Waals surface area contributed by atoms with Crippen LogP contribution in [0.25, 0.3) is 0 Å². The van der Waals surface area contributed by atoms with Crippen molar-refractivity contribution < 1.29 is 9.53 Å². The molecule has 0 aromatic heterocycles. The maximum atomic E-state index is 11.3. The van der Waals surface area contributed by atoms with Crippen LogP contribution in [-0.4, -0.2) is 31.8 Å². The maximum absolute atomic E-state index is 11.3. The minimum Gasteiger partial charge on any atom is -0.378 e. The molecule has 1 aliphatic heterocycles. The number of hydrogen-bond donors (Lipinski definition) is 2. The summed E-state index contributed by atoms with van der Waals surface area (Å²) < 4.78 is 5.47. The van der Waals surface area contributed by atoms with Crippen molar-refractivity contribution in [3.05, 3.63) is 11.6 Å². The summed E-state index contributed by atoms with van der Waals surface area (Å²) in [7, 11) is 0. The highest BCUT2D eigenvalue weighted by Gasteiger charge is 2.14. The zero-order valence-electron chi connectivity index (χ0n) is 10.2. The van der Waals surface area contributed by atoms with Crippen LogP contribution in [0, 0.1) is 0 Å². The molecule has 1 rings (SSSR count). The summed E-state index contributed by atoms with van der Waals surface area (Å²) in [6, 6.07) is -0.101. The Morgan fingerprint density at radius 1 is 1.44 bits per heavy atom. The maximum Gasteiger partial charge on any atom is 0.315 e. The smallest absolute Gasteiger partial charge is 0.315 e. The van der Waals surface area contributed by atoms with Crippen LogP contribution in [0.1, 0.15) is 33.1 Å². The number of rotatable bonds is 5. The van der Waals surface area contributed by atoms with Gasteiger partial charge in [0.05, 0.1) is 6.10 Å². The number of carbonyl (C=O) groups is 1. The number of nitrogens with one attached hydrogen (secondary N) is 2. The van der Waals surface area contributed by atoms with Crippen molar-refractivity contribution in [3.8, 4) is 0 Å². The molecule has 1 heterocycles. The monoisotopic (exact) mass is 226 g/mol. The van der Waals surface area contributed by atoms with Gasteiger partial charge < -0.3 is 15.4 Å². The van der Waals surface area contributed by atoms with Crippen molar-refractivity contribution in [2.45, 2.75) is 39.2 Å². The van der Waals surface area contributed by atoms with Gasteiger partial charge in [0.25, 0.3) is 0 Å². The van der Waals surface area contributed by atoms with Crippen LogP contribution >= 0.6 is 0 Å². The third-order valence-corrected chi connectivity index (χ3v) is 2.55. The van der Waals surface area contributed by atoms with E-state index < -0.39 is 0 Å².